The maximum Gasteiger partial charge on any atom is 0.148 e. The Hall–Kier alpha value is -1.14. The zero-order chi connectivity index (χ0) is 13.4. The predicted octanol–water partition coefficient (Wildman–Crippen LogP) is 3.39. The first-order valence-electron chi connectivity index (χ1n) is 6.54. The Morgan fingerprint density at radius 2 is 2.26 bits per heavy atom. The lowest BCUT2D eigenvalue weighted by Gasteiger charge is -2.30. The molecule has 0 aliphatic heterocycles. The van der Waals surface area contributed by atoms with Gasteiger partial charge in [0.2, 0.25) is 0 Å². The Morgan fingerprint density at radius 1 is 1.47 bits per heavy atom. The van der Waals surface area contributed by atoms with Crippen molar-refractivity contribution < 1.29 is 0 Å². The molecule has 102 valence electrons. The lowest BCUT2D eigenvalue weighted by molar-refractivity contribution is 0.322. The standard InChI is InChI=1S/C13H18N4S2/c1-8-15-10(7-18-8)11-12(14)16-19-13(11)17(2)6-9-4-3-5-9/h7,9H,3-6H2,1-2H3,(H2,14,16). The summed E-state index contributed by atoms with van der Waals surface area (Å²) < 4.78 is 4.32. The van der Waals surface area contributed by atoms with E-state index in [9.17, 15) is 0 Å². The highest BCUT2D eigenvalue weighted by molar-refractivity contribution is 7.11. The molecular weight excluding hydrogens is 276 g/mol. The zero-order valence-electron chi connectivity index (χ0n) is 11.2. The number of nitrogens with zero attached hydrogens (tertiary/aromatic N) is 3. The molecule has 4 nitrogen and oxygen atoms in total. The fourth-order valence-corrected chi connectivity index (χ4v) is 3.81. The van der Waals surface area contributed by atoms with E-state index in [-0.39, 0.29) is 0 Å². The van der Waals surface area contributed by atoms with Gasteiger partial charge in [-0.15, -0.1) is 11.3 Å². The maximum atomic E-state index is 6.04. The Balaban J connectivity index is 1.89. The minimum absolute atomic E-state index is 0.603. The summed E-state index contributed by atoms with van der Waals surface area (Å²) in [4.78, 5) is 6.84. The van der Waals surface area contributed by atoms with E-state index in [0.717, 1.165) is 33.7 Å². The highest BCUT2D eigenvalue weighted by atomic mass is 32.1. The lowest BCUT2D eigenvalue weighted by Crippen LogP contribution is -2.29. The van der Waals surface area contributed by atoms with Crippen LogP contribution in [-0.2, 0) is 0 Å². The van der Waals surface area contributed by atoms with Crippen LogP contribution >= 0.6 is 22.9 Å². The van der Waals surface area contributed by atoms with Crippen LogP contribution in [0.4, 0.5) is 10.8 Å². The summed E-state index contributed by atoms with van der Waals surface area (Å²) in [6.07, 6.45) is 4.08. The van der Waals surface area contributed by atoms with E-state index >= 15 is 0 Å². The van der Waals surface area contributed by atoms with Gasteiger partial charge in [-0.3, -0.25) is 0 Å². The van der Waals surface area contributed by atoms with Crippen LogP contribution in [0.1, 0.15) is 24.3 Å². The Labute approximate surface area is 121 Å². The lowest BCUT2D eigenvalue weighted by atomic mass is 9.85. The molecule has 2 aromatic rings. The van der Waals surface area contributed by atoms with Gasteiger partial charge in [0.15, 0.2) is 0 Å². The van der Waals surface area contributed by atoms with Crippen LogP contribution in [0.3, 0.4) is 0 Å². The summed E-state index contributed by atoms with van der Waals surface area (Å²) in [6, 6.07) is 0. The van der Waals surface area contributed by atoms with E-state index in [1.165, 1.54) is 30.8 Å². The Bertz CT molecular complexity index is 571. The average molecular weight is 294 g/mol. The average Bonchev–Trinajstić information content (AvgIpc) is 2.89. The first-order valence-corrected chi connectivity index (χ1v) is 8.19. The second-order valence-electron chi connectivity index (χ2n) is 5.18. The highest BCUT2D eigenvalue weighted by Gasteiger charge is 2.23. The van der Waals surface area contributed by atoms with Gasteiger partial charge in [-0.2, -0.15) is 4.37 Å². The van der Waals surface area contributed by atoms with E-state index in [0.29, 0.717) is 5.82 Å². The summed E-state index contributed by atoms with van der Waals surface area (Å²) in [7, 11) is 2.13. The van der Waals surface area contributed by atoms with Gasteiger partial charge in [-0.25, -0.2) is 4.98 Å². The molecule has 0 amide bonds. The predicted molar refractivity (Wildman–Crippen MR) is 83.0 cm³/mol. The van der Waals surface area contributed by atoms with E-state index < -0.39 is 0 Å². The summed E-state index contributed by atoms with van der Waals surface area (Å²) in [5.41, 5.74) is 8.01. The van der Waals surface area contributed by atoms with E-state index in [4.69, 9.17) is 5.73 Å². The third kappa shape index (κ3) is 2.47. The minimum atomic E-state index is 0.603. The summed E-state index contributed by atoms with van der Waals surface area (Å²) in [6.45, 7) is 3.11. The van der Waals surface area contributed by atoms with Crippen LogP contribution in [-0.4, -0.2) is 22.9 Å². The number of hydrogen-bond acceptors (Lipinski definition) is 6. The first kappa shape index (κ1) is 12.9. The summed E-state index contributed by atoms with van der Waals surface area (Å²) in [5, 5.41) is 4.28. The fourth-order valence-electron chi connectivity index (χ4n) is 2.42. The summed E-state index contributed by atoms with van der Waals surface area (Å²) >= 11 is 3.13. The first-order chi connectivity index (χ1) is 9.15. The van der Waals surface area contributed by atoms with Gasteiger partial charge in [0.25, 0.3) is 0 Å². The quantitative estimate of drug-likeness (QED) is 0.939. The third-order valence-corrected chi connectivity index (χ3v) is 5.43. The van der Waals surface area contributed by atoms with Gasteiger partial charge >= 0.3 is 0 Å². The number of thiazole rings is 1. The van der Waals surface area contributed by atoms with Crippen molar-refractivity contribution in [3.05, 3.63) is 10.4 Å². The van der Waals surface area contributed by atoms with Crippen LogP contribution in [0.15, 0.2) is 5.38 Å². The smallest absolute Gasteiger partial charge is 0.148 e. The van der Waals surface area contributed by atoms with Crippen LogP contribution in [0.5, 0.6) is 0 Å². The fraction of sp³-hybridized carbons (Fsp3) is 0.538. The number of aryl methyl sites for hydroxylation is 1. The molecule has 2 aromatic heterocycles. The molecule has 6 heteroatoms. The topological polar surface area (TPSA) is 55.0 Å². The molecule has 1 fully saturated rings. The normalized spacial score (nSPS) is 15.5. The summed E-state index contributed by atoms with van der Waals surface area (Å²) in [5.74, 6) is 1.43. The molecule has 2 heterocycles. The van der Waals surface area contributed by atoms with E-state index in [2.05, 4.69) is 26.7 Å². The molecule has 0 aromatic carbocycles. The van der Waals surface area contributed by atoms with Crippen LogP contribution in [0.25, 0.3) is 11.3 Å². The second-order valence-corrected chi connectivity index (χ2v) is 6.99. The van der Waals surface area contributed by atoms with Gasteiger partial charge in [-0.1, -0.05) is 6.42 Å². The molecule has 2 N–H and O–H groups in total. The van der Waals surface area contributed by atoms with Crippen molar-refractivity contribution in [3.8, 4) is 11.3 Å². The van der Waals surface area contributed by atoms with Crippen molar-refractivity contribution >= 4 is 33.7 Å². The van der Waals surface area contributed by atoms with Crippen LogP contribution in [0, 0.1) is 12.8 Å². The van der Waals surface area contributed by atoms with Crippen LogP contribution < -0.4 is 10.6 Å². The van der Waals surface area contributed by atoms with Crippen molar-refractivity contribution in [1.82, 2.24) is 9.36 Å². The molecular formula is C13H18N4S2. The van der Waals surface area contributed by atoms with Gasteiger partial charge in [0, 0.05) is 19.0 Å². The molecule has 0 spiro atoms. The van der Waals surface area contributed by atoms with Crippen LogP contribution in [0.2, 0.25) is 0 Å². The van der Waals surface area contributed by atoms with Crippen molar-refractivity contribution in [2.24, 2.45) is 5.92 Å². The number of anilines is 2. The van der Waals surface area contributed by atoms with Gasteiger partial charge in [0.05, 0.1) is 16.3 Å². The highest BCUT2D eigenvalue weighted by Crippen LogP contribution is 2.40. The molecule has 1 saturated carbocycles. The van der Waals surface area contributed by atoms with E-state index in [1.807, 2.05) is 6.92 Å². The molecule has 0 bridgehead atoms. The molecule has 1 aliphatic rings. The number of aromatic nitrogens is 2. The molecule has 0 atom stereocenters. The van der Waals surface area contributed by atoms with E-state index in [1.54, 1.807) is 11.3 Å². The van der Waals surface area contributed by atoms with Crippen molar-refractivity contribution in [1.29, 1.82) is 0 Å². The van der Waals surface area contributed by atoms with Crippen molar-refractivity contribution in [2.75, 3.05) is 24.2 Å². The van der Waals surface area contributed by atoms with Crippen molar-refractivity contribution in [3.63, 3.8) is 0 Å². The van der Waals surface area contributed by atoms with Gasteiger partial charge in [-0.05, 0) is 37.2 Å². The van der Waals surface area contributed by atoms with Gasteiger partial charge < -0.3 is 10.6 Å². The Kier molecular flexibility index (Phi) is 3.45. The third-order valence-electron chi connectivity index (χ3n) is 3.68. The zero-order valence-corrected chi connectivity index (χ0v) is 12.9. The second kappa shape index (κ2) is 5.09. The SMILES string of the molecule is Cc1nc(-c2c(N)nsc2N(C)CC2CCC2)cs1. The number of nitrogen functional groups attached to an aromatic ring is 1. The molecule has 0 radical (unpaired) electrons. The number of hydrogen-bond donors (Lipinski definition) is 1. The molecule has 3 rings (SSSR count). The number of nitrogens with two attached hydrogens (primary N) is 1. The molecule has 1 aliphatic carbocycles. The maximum absolute atomic E-state index is 6.04. The Morgan fingerprint density at radius 3 is 2.84 bits per heavy atom. The van der Waals surface area contributed by atoms with Gasteiger partial charge in [0.1, 0.15) is 10.8 Å². The minimum Gasteiger partial charge on any atom is -0.382 e. The largest absolute Gasteiger partial charge is 0.382 e. The number of rotatable bonds is 4. The molecule has 0 unspecified atom stereocenters. The molecule has 0 saturated heterocycles. The van der Waals surface area contributed by atoms with Crippen molar-refractivity contribution in [2.45, 2.75) is 26.2 Å². The monoisotopic (exact) mass is 294 g/mol. The molecule has 19 heavy (non-hydrogen) atoms.